The van der Waals surface area contributed by atoms with Crippen LogP contribution in [0, 0.1) is 0 Å². The molecule has 0 aromatic carbocycles. The summed E-state index contributed by atoms with van der Waals surface area (Å²) in [6.07, 6.45) is 6.01. The molecular weight excluding hydrogens is 440 g/mol. The zero-order chi connectivity index (χ0) is 20.7. The first-order valence-electron chi connectivity index (χ1n) is 9.78. The van der Waals surface area contributed by atoms with Crippen LogP contribution in [0.4, 0.5) is 0 Å². The maximum Gasteiger partial charge on any atom is 0.263 e. The molecule has 0 spiro atoms. The molecule has 0 atom stereocenters. The lowest BCUT2D eigenvalue weighted by atomic mass is 9.97. The Labute approximate surface area is 184 Å². The largest absolute Gasteiger partial charge is 0.383 e. The van der Waals surface area contributed by atoms with Gasteiger partial charge in [0.1, 0.15) is 4.83 Å². The molecule has 156 valence electrons. The van der Waals surface area contributed by atoms with Gasteiger partial charge in [0.15, 0.2) is 10.1 Å². The third kappa shape index (κ3) is 3.51. The van der Waals surface area contributed by atoms with Crippen LogP contribution in [0.3, 0.4) is 0 Å². The molecule has 4 aromatic heterocycles. The summed E-state index contributed by atoms with van der Waals surface area (Å²) >= 11 is 4.52. The van der Waals surface area contributed by atoms with Crippen LogP contribution in [-0.2, 0) is 29.9 Å². The monoisotopic (exact) mass is 460 g/mol. The second kappa shape index (κ2) is 8.26. The van der Waals surface area contributed by atoms with Crippen LogP contribution in [0.2, 0.25) is 0 Å². The number of thiazole rings is 1. The Morgan fingerprint density at radius 2 is 2.10 bits per heavy atom. The fourth-order valence-corrected chi connectivity index (χ4v) is 6.77. The molecule has 0 amide bonds. The van der Waals surface area contributed by atoms with Crippen molar-refractivity contribution in [3.8, 4) is 0 Å². The molecule has 0 saturated carbocycles. The van der Waals surface area contributed by atoms with E-state index < -0.39 is 0 Å². The Kier molecular flexibility index (Phi) is 5.48. The van der Waals surface area contributed by atoms with Gasteiger partial charge < -0.3 is 4.74 Å². The molecule has 0 bridgehead atoms. The number of thiophene rings is 1. The summed E-state index contributed by atoms with van der Waals surface area (Å²) in [6.45, 7) is 0.888. The number of thioether (sulfide) groups is 1. The third-order valence-corrected chi connectivity index (χ3v) is 8.22. The van der Waals surface area contributed by atoms with Crippen molar-refractivity contribution in [3.63, 3.8) is 0 Å². The van der Waals surface area contributed by atoms with E-state index in [9.17, 15) is 9.59 Å². The van der Waals surface area contributed by atoms with E-state index in [0.29, 0.717) is 34.7 Å². The molecule has 30 heavy (non-hydrogen) atoms. The number of aromatic nitrogens is 4. The van der Waals surface area contributed by atoms with Crippen molar-refractivity contribution in [2.45, 2.75) is 43.1 Å². The van der Waals surface area contributed by atoms with Crippen LogP contribution >= 0.6 is 34.4 Å². The summed E-state index contributed by atoms with van der Waals surface area (Å²) in [7, 11) is 1.63. The zero-order valence-corrected chi connectivity index (χ0v) is 18.9. The molecule has 0 saturated heterocycles. The molecule has 5 rings (SSSR count). The first-order chi connectivity index (χ1) is 14.7. The number of hydrogen-bond donors (Lipinski definition) is 0. The molecule has 7 nitrogen and oxygen atoms in total. The fourth-order valence-electron chi connectivity index (χ4n) is 3.81. The highest BCUT2D eigenvalue weighted by Gasteiger charge is 2.22. The lowest BCUT2D eigenvalue weighted by molar-refractivity contribution is 0.183. The second-order valence-corrected chi connectivity index (χ2v) is 10.1. The summed E-state index contributed by atoms with van der Waals surface area (Å²) in [4.78, 5) is 37.9. The maximum absolute atomic E-state index is 13.4. The van der Waals surface area contributed by atoms with Gasteiger partial charge in [-0.1, -0.05) is 11.8 Å². The van der Waals surface area contributed by atoms with Crippen molar-refractivity contribution >= 4 is 49.6 Å². The molecule has 1 aliphatic carbocycles. The lowest BCUT2D eigenvalue weighted by Crippen LogP contribution is -2.25. The predicted octanol–water partition coefficient (Wildman–Crippen LogP) is 3.34. The molecule has 1 aliphatic rings. The number of nitrogens with zero attached hydrogens (tertiary/aromatic N) is 4. The number of hydrogen-bond acceptors (Lipinski definition) is 8. The summed E-state index contributed by atoms with van der Waals surface area (Å²) in [5.74, 6) is 0.472. The topological polar surface area (TPSA) is 78.5 Å². The molecule has 0 N–H and O–H groups in total. The van der Waals surface area contributed by atoms with Crippen molar-refractivity contribution in [3.05, 3.63) is 54.5 Å². The van der Waals surface area contributed by atoms with Crippen molar-refractivity contribution < 1.29 is 4.74 Å². The minimum atomic E-state index is -0.0945. The quantitative estimate of drug-likeness (QED) is 0.324. The number of rotatable bonds is 6. The van der Waals surface area contributed by atoms with E-state index in [1.807, 2.05) is 5.38 Å². The highest BCUT2D eigenvalue weighted by atomic mass is 32.2. The first kappa shape index (κ1) is 19.9. The molecule has 10 heteroatoms. The van der Waals surface area contributed by atoms with Gasteiger partial charge in [-0.2, -0.15) is 0 Å². The standard InChI is InChI=1S/C20H20N4O3S3/c1-27-8-6-24-18(26)16-13-4-2-3-5-14(13)30-17(16)22-20(24)29-11-12-10-15(25)23-7-9-28-19(23)21-12/h7,9-10H,2-6,8,11H2,1H3. The fraction of sp³-hybridized carbons (Fsp3) is 0.400. The van der Waals surface area contributed by atoms with Gasteiger partial charge in [-0.15, -0.1) is 22.7 Å². The minimum absolute atomic E-state index is 0.0145. The van der Waals surface area contributed by atoms with Gasteiger partial charge in [0.2, 0.25) is 0 Å². The van der Waals surface area contributed by atoms with E-state index in [2.05, 4.69) is 4.98 Å². The Morgan fingerprint density at radius 3 is 2.97 bits per heavy atom. The highest BCUT2D eigenvalue weighted by Crippen LogP contribution is 2.35. The van der Waals surface area contributed by atoms with Crippen LogP contribution < -0.4 is 11.1 Å². The summed E-state index contributed by atoms with van der Waals surface area (Å²) in [5.41, 5.74) is 1.80. The Bertz CT molecular complexity index is 1350. The molecule has 0 fully saturated rings. The van der Waals surface area contributed by atoms with Gasteiger partial charge in [-0.05, 0) is 31.2 Å². The number of ether oxygens (including phenoxy) is 1. The van der Waals surface area contributed by atoms with Crippen molar-refractivity contribution in [2.75, 3.05) is 13.7 Å². The van der Waals surface area contributed by atoms with Gasteiger partial charge in [-0.3, -0.25) is 18.6 Å². The number of fused-ring (bicyclic) bond motifs is 4. The van der Waals surface area contributed by atoms with Crippen LogP contribution in [0.1, 0.15) is 29.0 Å². The SMILES string of the molecule is COCCn1c(SCc2cc(=O)n3ccsc3n2)nc2sc3c(c2c1=O)CCCC3. The van der Waals surface area contributed by atoms with E-state index in [4.69, 9.17) is 9.72 Å². The Hall–Kier alpha value is -2.01. The lowest BCUT2D eigenvalue weighted by Gasteiger charge is -2.13. The highest BCUT2D eigenvalue weighted by molar-refractivity contribution is 7.98. The zero-order valence-electron chi connectivity index (χ0n) is 16.4. The van der Waals surface area contributed by atoms with Crippen LogP contribution in [0.15, 0.2) is 32.4 Å². The molecule has 4 heterocycles. The van der Waals surface area contributed by atoms with Gasteiger partial charge in [0.25, 0.3) is 11.1 Å². The van der Waals surface area contributed by atoms with E-state index in [1.54, 1.807) is 35.3 Å². The smallest absolute Gasteiger partial charge is 0.263 e. The molecule has 4 aromatic rings. The van der Waals surface area contributed by atoms with Crippen molar-refractivity contribution in [2.24, 2.45) is 0 Å². The summed E-state index contributed by atoms with van der Waals surface area (Å²) in [5, 5.41) is 3.28. The van der Waals surface area contributed by atoms with Crippen LogP contribution in [0.5, 0.6) is 0 Å². The van der Waals surface area contributed by atoms with Gasteiger partial charge in [-0.25, -0.2) is 9.97 Å². The molecular formula is C20H20N4O3S3. The second-order valence-electron chi connectivity index (χ2n) is 7.16. The van der Waals surface area contributed by atoms with E-state index in [-0.39, 0.29) is 11.1 Å². The summed E-state index contributed by atoms with van der Waals surface area (Å²) in [6, 6.07) is 1.55. The summed E-state index contributed by atoms with van der Waals surface area (Å²) < 4.78 is 8.48. The molecule has 0 aliphatic heterocycles. The van der Waals surface area contributed by atoms with E-state index in [0.717, 1.165) is 29.5 Å². The van der Waals surface area contributed by atoms with E-state index in [1.165, 1.54) is 44.4 Å². The molecule has 0 radical (unpaired) electrons. The van der Waals surface area contributed by atoms with E-state index >= 15 is 0 Å². The van der Waals surface area contributed by atoms with Crippen LogP contribution in [-0.4, -0.2) is 32.7 Å². The average Bonchev–Trinajstić information content (AvgIpc) is 3.36. The van der Waals surface area contributed by atoms with Crippen molar-refractivity contribution in [1.29, 1.82) is 0 Å². The molecule has 0 unspecified atom stereocenters. The average molecular weight is 461 g/mol. The first-order valence-corrected chi connectivity index (χ1v) is 12.5. The predicted molar refractivity (Wildman–Crippen MR) is 121 cm³/mol. The maximum atomic E-state index is 13.4. The Balaban J connectivity index is 1.54. The Morgan fingerprint density at radius 1 is 1.23 bits per heavy atom. The van der Waals surface area contributed by atoms with Crippen molar-refractivity contribution in [1.82, 2.24) is 18.9 Å². The van der Waals surface area contributed by atoms with Crippen LogP contribution in [0.25, 0.3) is 15.2 Å². The number of aryl methyl sites for hydroxylation is 2. The van der Waals surface area contributed by atoms with Gasteiger partial charge in [0.05, 0.1) is 24.2 Å². The third-order valence-electron chi connectivity index (χ3n) is 5.26. The normalized spacial score (nSPS) is 13.9. The van der Waals surface area contributed by atoms with Gasteiger partial charge in [0, 0.05) is 35.4 Å². The minimum Gasteiger partial charge on any atom is -0.383 e. The number of methoxy groups -OCH3 is 1. The van der Waals surface area contributed by atoms with Gasteiger partial charge >= 0.3 is 0 Å².